The normalized spacial score (nSPS) is 15.9. The average molecular weight is 292 g/mol. The first-order chi connectivity index (χ1) is 10.0. The Morgan fingerprint density at radius 3 is 2.57 bits per heavy atom. The van der Waals surface area contributed by atoms with E-state index in [0.717, 1.165) is 44.1 Å². The molecule has 0 spiro atoms. The summed E-state index contributed by atoms with van der Waals surface area (Å²) in [7, 11) is 0. The topological polar surface area (TPSA) is 50.2 Å². The highest BCUT2D eigenvalue weighted by atomic mass is 16.2. The van der Waals surface area contributed by atoms with Crippen LogP contribution in [-0.4, -0.2) is 40.0 Å². The predicted molar refractivity (Wildman–Crippen MR) is 84.4 cm³/mol. The SMILES string of the molecule is CCN(CC)C(=O)C(C)n1c(C(C)C)nc2c1CCNC2. The number of amides is 1. The first-order valence-corrected chi connectivity index (χ1v) is 8.10. The van der Waals surface area contributed by atoms with Crippen molar-refractivity contribution in [3.8, 4) is 0 Å². The summed E-state index contributed by atoms with van der Waals surface area (Å²) < 4.78 is 2.20. The van der Waals surface area contributed by atoms with Gasteiger partial charge in [0.05, 0.1) is 5.69 Å². The molecular formula is C16H28N4O. The van der Waals surface area contributed by atoms with Crippen LogP contribution in [0.3, 0.4) is 0 Å². The quantitative estimate of drug-likeness (QED) is 0.904. The molecule has 21 heavy (non-hydrogen) atoms. The fourth-order valence-electron chi connectivity index (χ4n) is 3.10. The van der Waals surface area contributed by atoms with Crippen LogP contribution in [0.1, 0.15) is 63.8 Å². The first kappa shape index (κ1) is 16.0. The van der Waals surface area contributed by atoms with E-state index >= 15 is 0 Å². The summed E-state index contributed by atoms with van der Waals surface area (Å²) in [5, 5.41) is 3.36. The van der Waals surface area contributed by atoms with Gasteiger partial charge in [0.25, 0.3) is 0 Å². The minimum absolute atomic E-state index is 0.170. The third kappa shape index (κ3) is 2.98. The molecule has 0 bridgehead atoms. The molecule has 0 fully saturated rings. The maximum absolute atomic E-state index is 12.7. The Hall–Kier alpha value is -1.36. The molecule has 0 saturated carbocycles. The van der Waals surface area contributed by atoms with Gasteiger partial charge in [0.15, 0.2) is 0 Å². The van der Waals surface area contributed by atoms with Gasteiger partial charge >= 0.3 is 0 Å². The van der Waals surface area contributed by atoms with E-state index in [9.17, 15) is 4.79 Å². The molecule has 1 aliphatic rings. The summed E-state index contributed by atoms with van der Waals surface area (Å²) in [6.45, 7) is 13.7. The lowest BCUT2D eigenvalue weighted by molar-refractivity contribution is -0.134. The van der Waals surface area contributed by atoms with Gasteiger partial charge in [-0.25, -0.2) is 4.98 Å². The number of likely N-dealkylation sites (N-methyl/N-ethyl adjacent to an activating group) is 1. The van der Waals surface area contributed by atoms with Gasteiger partial charge in [-0.1, -0.05) is 13.8 Å². The number of hydrogen-bond donors (Lipinski definition) is 1. The molecule has 118 valence electrons. The molecule has 0 aromatic carbocycles. The second kappa shape index (κ2) is 6.60. The highest BCUT2D eigenvalue weighted by molar-refractivity contribution is 5.80. The summed E-state index contributed by atoms with van der Waals surface area (Å²) in [6.07, 6.45) is 0.949. The molecule has 1 unspecified atom stereocenters. The highest BCUT2D eigenvalue weighted by Crippen LogP contribution is 2.26. The van der Waals surface area contributed by atoms with Crippen molar-refractivity contribution in [2.24, 2.45) is 0 Å². The Kier molecular flexibility index (Phi) is 5.04. The van der Waals surface area contributed by atoms with Gasteiger partial charge < -0.3 is 14.8 Å². The van der Waals surface area contributed by atoms with E-state index in [4.69, 9.17) is 4.98 Å². The molecule has 1 aromatic heterocycles. The molecule has 0 saturated heterocycles. The maximum Gasteiger partial charge on any atom is 0.245 e. The van der Waals surface area contributed by atoms with Gasteiger partial charge in [-0.3, -0.25) is 4.79 Å². The lowest BCUT2D eigenvalue weighted by Gasteiger charge is -2.27. The number of carbonyl (C=O) groups excluding carboxylic acids is 1. The van der Waals surface area contributed by atoms with E-state index in [1.54, 1.807) is 0 Å². The number of carbonyl (C=O) groups is 1. The number of nitrogens with one attached hydrogen (secondary N) is 1. The van der Waals surface area contributed by atoms with Crippen molar-refractivity contribution >= 4 is 5.91 Å². The van der Waals surface area contributed by atoms with Gasteiger partial charge in [-0.15, -0.1) is 0 Å². The van der Waals surface area contributed by atoms with Crippen LogP contribution in [-0.2, 0) is 17.8 Å². The minimum atomic E-state index is -0.170. The van der Waals surface area contributed by atoms with Crippen molar-refractivity contribution < 1.29 is 4.79 Å². The average Bonchev–Trinajstić information content (AvgIpc) is 2.87. The molecule has 5 nitrogen and oxygen atoms in total. The molecule has 0 aliphatic carbocycles. The van der Waals surface area contributed by atoms with Gasteiger partial charge in [0.2, 0.25) is 5.91 Å². The summed E-state index contributed by atoms with van der Waals surface area (Å²) in [5.41, 5.74) is 2.36. The molecule has 2 rings (SSSR count). The van der Waals surface area contributed by atoms with Crippen LogP contribution in [0.25, 0.3) is 0 Å². The van der Waals surface area contributed by atoms with Gasteiger partial charge in [0.1, 0.15) is 11.9 Å². The van der Waals surface area contributed by atoms with Crippen molar-refractivity contribution in [2.75, 3.05) is 19.6 Å². The second-order valence-electron chi connectivity index (χ2n) is 6.00. The largest absolute Gasteiger partial charge is 0.341 e. The third-order valence-corrected chi connectivity index (χ3v) is 4.29. The van der Waals surface area contributed by atoms with E-state index in [-0.39, 0.29) is 11.9 Å². The van der Waals surface area contributed by atoms with Crippen LogP contribution in [0.2, 0.25) is 0 Å². The maximum atomic E-state index is 12.7. The first-order valence-electron chi connectivity index (χ1n) is 8.10. The van der Waals surface area contributed by atoms with E-state index in [1.165, 1.54) is 5.69 Å². The fraction of sp³-hybridized carbons (Fsp3) is 0.750. The lowest BCUT2D eigenvalue weighted by Crippen LogP contribution is -2.37. The van der Waals surface area contributed by atoms with Crippen molar-refractivity contribution in [1.82, 2.24) is 19.8 Å². The van der Waals surface area contributed by atoms with E-state index in [0.29, 0.717) is 5.92 Å². The molecule has 1 aliphatic heterocycles. The van der Waals surface area contributed by atoms with Crippen molar-refractivity contribution in [2.45, 2.75) is 59.5 Å². The minimum Gasteiger partial charge on any atom is -0.341 e. The predicted octanol–water partition coefficient (Wildman–Crippen LogP) is 2.08. The molecule has 0 radical (unpaired) electrons. The van der Waals surface area contributed by atoms with E-state index in [1.807, 2.05) is 25.7 Å². The van der Waals surface area contributed by atoms with E-state index < -0.39 is 0 Å². The molecule has 1 N–H and O–H groups in total. The zero-order valence-corrected chi connectivity index (χ0v) is 13.9. The zero-order chi connectivity index (χ0) is 15.6. The third-order valence-electron chi connectivity index (χ3n) is 4.29. The highest BCUT2D eigenvalue weighted by Gasteiger charge is 2.28. The zero-order valence-electron chi connectivity index (χ0n) is 13.9. The number of rotatable bonds is 5. The Labute approximate surface area is 127 Å². The molecule has 1 atom stereocenters. The van der Waals surface area contributed by atoms with Gasteiger partial charge in [0, 0.05) is 44.2 Å². The van der Waals surface area contributed by atoms with Crippen LogP contribution in [0.4, 0.5) is 0 Å². The Balaban J connectivity index is 2.41. The summed E-state index contributed by atoms with van der Waals surface area (Å²) in [6, 6.07) is -0.170. The number of imidazole rings is 1. The Morgan fingerprint density at radius 1 is 1.33 bits per heavy atom. The smallest absolute Gasteiger partial charge is 0.245 e. The number of aromatic nitrogens is 2. The molecule has 5 heteroatoms. The summed E-state index contributed by atoms with van der Waals surface area (Å²) >= 11 is 0. The summed E-state index contributed by atoms with van der Waals surface area (Å²) in [5.74, 6) is 1.56. The van der Waals surface area contributed by atoms with E-state index in [2.05, 4.69) is 23.7 Å². The van der Waals surface area contributed by atoms with Crippen molar-refractivity contribution in [3.05, 3.63) is 17.2 Å². The molecule has 2 heterocycles. The summed E-state index contributed by atoms with van der Waals surface area (Å²) in [4.78, 5) is 19.4. The van der Waals surface area contributed by atoms with Gasteiger partial charge in [-0.2, -0.15) is 0 Å². The van der Waals surface area contributed by atoms with Gasteiger partial charge in [-0.05, 0) is 20.8 Å². The molecule has 1 amide bonds. The fourth-order valence-corrected chi connectivity index (χ4v) is 3.10. The van der Waals surface area contributed by atoms with Crippen molar-refractivity contribution in [1.29, 1.82) is 0 Å². The molecular weight excluding hydrogens is 264 g/mol. The Bertz CT molecular complexity index is 503. The lowest BCUT2D eigenvalue weighted by atomic mass is 10.1. The van der Waals surface area contributed by atoms with Crippen LogP contribution in [0.15, 0.2) is 0 Å². The number of fused-ring (bicyclic) bond motifs is 1. The standard InChI is InChI=1S/C16H28N4O/c1-6-19(7-2)16(21)12(5)20-14-8-9-17-10-13(14)18-15(20)11(3)4/h11-12,17H,6-10H2,1-5H3. The van der Waals surface area contributed by atoms with Crippen LogP contribution in [0.5, 0.6) is 0 Å². The Morgan fingerprint density at radius 2 is 2.00 bits per heavy atom. The van der Waals surface area contributed by atoms with Crippen LogP contribution >= 0.6 is 0 Å². The number of hydrogen-bond acceptors (Lipinski definition) is 3. The number of nitrogens with zero attached hydrogens (tertiary/aromatic N) is 3. The monoisotopic (exact) mass is 292 g/mol. The van der Waals surface area contributed by atoms with Crippen LogP contribution in [0, 0.1) is 0 Å². The second-order valence-corrected chi connectivity index (χ2v) is 6.00. The van der Waals surface area contributed by atoms with Crippen LogP contribution < -0.4 is 5.32 Å². The molecule has 1 aromatic rings. The van der Waals surface area contributed by atoms with Crippen molar-refractivity contribution in [3.63, 3.8) is 0 Å².